The zero-order chi connectivity index (χ0) is 16.9. The summed E-state index contributed by atoms with van der Waals surface area (Å²) in [5, 5.41) is 7.62. The van der Waals surface area contributed by atoms with Crippen molar-refractivity contribution in [1.29, 1.82) is 0 Å². The molecule has 0 bridgehead atoms. The molecule has 0 aliphatic rings. The Kier molecular flexibility index (Phi) is 4.57. The molecule has 0 heterocycles. The molecule has 3 aromatic rings. The number of benzene rings is 3. The Bertz CT molecular complexity index is 870. The van der Waals surface area contributed by atoms with Gasteiger partial charge in [-0.25, -0.2) is 0 Å². The van der Waals surface area contributed by atoms with E-state index in [1.165, 1.54) is 0 Å². The molecule has 0 aromatic heterocycles. The highest BCUT2D eigenvalue weighted by Crippen LogP contribution is 2.23. The number of anilines is 1. The molecule has 0 aliphatic heterocycles. The first-order valence-electron chi connectivity index (χ1n) is 7.79. The molecular formula is C20H18N2O2. The third-order valence-electron chi connectivity index (χ3n) is 3.82. The first-order chi connectivity index (χ1) is 11.6. The SMILES string of the molecule is CC(NC(=O)c1ccccc1)C(=O)Nc1cccc2ccccc12. The molecule has 4 heteroatoms. The maximum absolute atomic E-state index is 12.4. The van der Waals surface area contributed by atoms with Crippen LogP contribution in [0, 0.1) is 0 Å². The number of hydrogen-bond acceptors (Lipinski definition) is 2. The van der Waals surface area contributed by atoms with Crippen molar-refractivity contribution in [2.24, 2.45) is 0 Å². The van der Waals surface area contributed by atoms with Gasteiger partial charge in [0.15, 0.2) is 0 Å². The van der Waals surface area contributed by atoms with E-state index in [9.17, 15) is 9.59 Å². The van der Waals surface area contributed by atoms with E-state index in [0.717, 1.165) is 16.5 Å². The Morgan fingerprint density at radius 1 is 0.833 bits per heavy atom. The maximum Gasteiger partial charge on any atom is 0.251 e. The van der Waals surface area contributed by atoms with Crippen molar-refractivity contribution in [2.75, 3.05) is 5.32 Å². The van der Waals surface area contributed by atoms with E-state index < -0.39 is 6.04 Å². The van der Waals surface area contributed by atoms with Gasteiger partial charge in [0.25, 0.3) is 5.91 Å². The largest absolute Gasteiger partial charge is 0.341 e. The van der Waals surface area contributed by atoms with Gasteiger partial charge in [0, 0.05) is 16.6 Å². The van der Waals surface area contributed by atoms with Gasteiger partial charge in [-0.05, 0) is 30.5 Å². The number of carbonyl (C=O) groups excluding carboxylic acids is 2. The highest BCUT2D eigenvalue weighted by atomic mass is 16.2. The molecule has 2 amide bonds. The first kappa shape index (κ1) is 15.7. The van der Waals surface area contributed by atoms with Crippen LogP contribution in [0.25, 0.3) is 10.8 Å². The fraction of sp³-hybridized carbons (Fsp3) is 0.100. The second-order valence-corrected chi connectivity index (χ2v) is 5.58. The molecule has 1 unspecified atom stereocenters. The quantitative estimate of drug-likeness (QED) is 0.772. The van der Waals surface area contributed by atoms with Crippen molar-refractivity contribution in [3.8, 4) is 0 Å². The standard InChI is InChI=1S/C20H18N2O2/c1-14(21-20(24)16-9-3-2-4-10-16)19(23)22-18-13-7-11-15-8-5-6-12-17(15)18/h2-14H,1H3,(H,21,24)(H,22,23). The highest BCUT2D eigenvalue weighted by molar-refractivity contribution is 6.05. The van der Waals surface area contributed by atoms with E-state index in [2.05, 4.69) is 10.6 Å². The van der Waals surface area contributed by atoms with Crippen LogP contribution in [0.3, 0.4) is 0 Å². The summed E-state index contributed by atoms with van der Waals surface area (Å²) in [6, 6.07) is 21.8. The minimum absolute atomic E-state index is 0.254. The zero-order valence-corrected chi connectivity index (χ0v) is 13.3. The minimum Gasteiger partial charge on any atom is -0.341 e. The van der Waals surface area contributed by atoms with Gasteiger partial charge in [0.1, 0.15) is 6.04 Å². The van der Waals surface area contributed by atoms with Crippen molar-refractivity contribution in [1.82, 2.24) is 5.32 Å². The Balaban J connectivity index is 1.71. The molecule has 24 heavy (non-hydrogen) atoms. The summed E-state index contributed by atoms with van der Waals surface area (Å²) < 4.78 is 0. The summed E-state index contributed by atoms with van der Waals surface area (Å²) in [6.07, 6.45) is 0. The molecule has 0 fully saturated rings. The number of amides is 2. The highest BCUT2D eigenvalue weighted by Gasteiger charge is 2.17. The van der Waals surface area contributed by atoms with Gasteiger partial charge in [-0.3, -0.25) is 9.59 Å². The molecule has 120 valence electrons. The lowest BCUT2D eigenvalue weighted by Gasteiger charge is -2.15. The smallest absolute Gasteiger partial charge is 0.251 e. The second kappa shape index (κ2) is 6.96. The average molecular weight is 318 g/mol. The van der Waals surface area contributed by atoms with E-state index in [-0.39, 0.29) is 11.8 Å². The van der Waals surface area contributed by atoms with Gasteiger partial charge in [0.05, 0.1) is 0 Å². The molecule has 3 aromatic carbocycles. The predicted molar refractivity (Wildman–Crippen MR) is 95.9 cm³/mol. The Morgan fingerprint density at radius 3 is 2.29 bits per heavy atom. The number of carbonyl (C=O) groups is 2. The van der Waals surface area contributed by atoms with Crippen LogP contribution in [0.5, 0.6) is 0 Å². The van der Waals surface area contributed by atoms with E-state index in [1.807, 2.05) is 48.5 Å². The number of nitrogens with one attached hydrogen (secondary N) is 2. The first-order valence-corrected chi connectivity index (χ1v) is 7.79. The van der Waals surface area contributed by atoms with Crippen molar-refractivity contribution >= 4 is 28.3 Å². The third-order valence-corrected chi connectivity index (χ3v) is 3.82. The van der Waals surface area contributed by atoms with Gasteiger partial charge < -0.3 is 10.6 Å². The van der Waals surface area contributed by atoms with Crippen LogP contribution in [0.1, 0.15) is 17.3 Å². The molecule has 0 spiro atoms. The third kappa shape index (κ3) is 3.43. The van der Waals surface area contributed by atoms with Crippen LogP contribution in [-0.4, -0.2) is 17.9 Å². The molecule has 2 N–H and O–H groups in total. The lowest BCUT2D eigenvalue weighted by molar-refractivity contribution is -0.117. The van der Waals surface area contributed by atoms with Gasteiger partial charge in [-0.1, -0.05) is 54.6 Å². The maximum atomic E-state index is 12.4. The molecule has 0 saturated carbocycles. The summed E-state index contributed by atoms with van der Waals surface area (Å²) in [6.45, 7) is 1.67. The van der Waals surface area contributed by atoms with Crippen LogP contribution >= 0.6 is 0 Å². The molecule has 4 nitrogen and oxygen atoms in total. The normalized spacial score (nSPS) is 11.7. The Labute approximate surface area is 140 Å². The zero-order valence-electron chi connectivity index (χ0n) is 13.3. The predicted octanol–water partition coefficient (Wildman–Crippen LogP) is 3.60. The number of hydrogen-bond donors (Lipinski definition) is 2. The van der Waals surface area contributed by atoms with Crippen molar-refractivity contribution in [3.63, 3.8) is 0 Å². The molecule has 0 radical (unpaired) electrons. The van der Waals surface area contributed by atoms with Crippen molar-refractivity contribution < 1.29 is 9.59 Å². The summed E-state index contributed by atoms with van der Waals surface area (Å²) in [7, 11) is 0. The van der Waals surface area contributed by atoms with Crippen LogP contribution in [0.15, 0.2) is 72.8 Å². The van der Waals surface area contributed by atoms with Crippen LogP contribution in [0.2, 0.25) is 0 Å². The minimum atomic E-state index is -0.642. The Morgan fingerprint density at radius 2 is 1.50 bits per heavy atom. The monoisotopic (exact) mass is 318 g/mol. The Hall–Kier alpha value is -3.14. The van der Waals surface area contributed by atoms with Gasteiger partial charge in [-0.2, -0.15) is 0 Å². The number of rotatable bonds is 4. The molecule has 0 saturated heterocycles. The fourth-order valence-corrected chi connectivity index (χ4v) is 2.51. The van der Waals surface area contributed by atoms with Gasteiger partial charge in [-0.15, -0.1) is 0 Å². The topological polar surface area (TPSA) is 58.2 Å². The van der Waals surface area contributed by atoms with E-state index in [0.29, 0.717) is 5.56 Å². The number of fused-ring (bicyclic) bond motifs is 1. The van der Waals surface area contributed by atoms with Crippen molar-refractivity contribution in [3.05, 3.63) is 78.4 Å². The van der Waals surface area contributed by atoms with Crippen LogP contribution < -0.4 is 10.6 Å². The van der Waals surface area contributed by atoms with E-state index in [4.69, 9.17) is 0 Å². The molecule has 3 rings (SSSR count). The van der Waals surface area contributed by atoms with Gasteiger partial charge >= 0.3 is 0 Å². The van der Waals surface area contributed by atoms with Crippen LogP contribution in [0.4, 0.5) is 5.69 Å². The van der Waals surface area contributed by atoms with E-state index >= 15 is 0 Å². The van der Waals surface area contributed by atoms with Crippen LogP contribution in [-0.2, 0) is 4.79 Å². The summed E-state index contributed by atoms with van der Waals surface area (Å²) >= 11 is 0. The molecule has 1 atom stereocenters. The lowest BCUT2D eigenvalue weighted by Crippen LogP contribution is -2.41. The second-order valence-electron chi connectivity index (χ2n) is 5.58. The van der Waals surface area contributed by atoms with Gasteiger partial charge in [0.2, 0.25) is 5.91 Å². The lowest BCUT2D eigenvalue weighted by atomic mass is 10.1. The molecular weight excluding hydrogens is 300 g/mol. The average Bonchev–Trinajstić information content (AvgIpc) is 2.62. The van der Waals surface area contributed by atoms with E-state index in [1.54, 1.807) is 31.2 Å². The summed E-state index contributed by atoms with van der Waals surface area (Å²) in [4.78, 5) is 24.5. The van der Waals surface area contributed by atoms with Crippen molar-refractivity contribution in [2.45, 2.75) is 13.0 Å². The summed E-state index contributed by atoms with van der Waals surface area (Å²) in [5.41, 5.74) is 1.27. The summed E-state index contributed by atoms with van der Waals surface area (Å²) in [5.74, 6) is -0.521. The molecule has 0 aliphatic carbocycles. The fourth-order valence-electron chi connectivity index (χ4n) is 2.51.